The van der Waals surface area contributed by atoms with Crippen molar-refractivity contribution in [3.05, 3.63) is 62.9 Å². The minimum atomic E-state index is -0.416. The van der Waals surface area contributed by atoms with E-state index >= 15 is 0 Å². The summed E-state index contributed by atoms with van der Waals surface area (Å²) in [5, 5.41) is 14.1. The first-order valence-electron chi connectivity index (χ1n) is 5.69. The number of nitro groups is 1. The fourth-order valence-electron chi connectivity index (χ4n) is 1.70. The molecule has 0 saturated heterocycles. The summed E-state index contributed by atoms with van der Waals surface area (Å²) in [6.45, 7) is 1.95. The number of anilines is 1. The van der Waals surface area contributed by atoms with Crippen LogP contribution in [0.2, 0.25) is 0 Å². The molecule has 0 saturated carbocycles. The Balaban J connectivity index is 2.20. The molecule has 0 spiro atoms. The summed E-state index contributed by atoms with van der Waals surface area (Å²) >= 11 is 3.16. The van der Waals surface area contributed by atoms with E-state index in [1.165, 1.54) is 6.07 Å². The van der Waals surface area contributed by atoms with Crippen molar-refractivity contribution in [3.63, 3.8) is 0 Å². The number of nitrogens with one attached hydrogen (secondary N) is 1. The lowest BCUT2D eigenvalue weighted by molar-refractivity contribution is -0.385. The maximum atomic E-state index is 10.9. The number of pyridine rings is 1. The fraction of sp³-hybridized carbons (Fsp3) is 0.154. The van der Waals surface area contributed by atoms with Gasteiger partial charge in [-0.3, -0.25) is 15.1 Å². The van der Waals surface area contributed by atoms with Gasteiger partial charge in [0.1, 0.15) is 0 Å². The van der Waals surface area contributed by atoms with Crippen LogP contribution >= 0.6 is 15.9 Å². The molecule has 0 amide bonds. The molecule has 1 atom stereocenters. The van der Waals surface area contributed by atoms with Crippen molar-refractivity contribution < 1.29 is 4.92 Å². The summed E-state index contributed by atoms with van der Waals surface area (Å²) in [7, 11) is 0. The van der Waals surface area contributed by atoms with E-state index < -0.39 is 4.92 Å². The molecule has 1 unspecified atom stereocenters. The van der Waals surface area contributed by atoms with Crippen LogP contribution in [0.1, 0.15) is 18.7 Å². The second-order valence-corrected chi connectivity index (χ2v) is 4.90. The maximum absolute atomic E-state index is 10.9. The van der Waals surface area contributed by atoms with E-state index in [0.29, 0.717) is 10.2 Å². The molecule has 19 heavy (non-hydrogen) atoms. The normalized spacial score (nSPS) is 11.9. The topological polar surface area (TPSA) is 68.1 Å². The molecule has 6 heteroatoms. The SMILES string of the molecule is CC(Nc1ccc(Br)c([N+](=O)[O-])c1)c1ccccn1. The second-order valence-electron chi connectivity index (χ2n) is 4.04. The Morgan fingerprint density at radius 1 is 1.37 bits per heavy atom. The smallest absolute Gasteiger partial charge is 0.285 e. The van der Waals surface area contributed by atoms with Crippen LogP contribution in [-0.2, 0) is 0 Å². The van der Waals surface area contributed by atoms with Crippen LogP contribution in [0.4, 0.5) is 11.4 Å². The summed E-state index contributed by atoms with van der Waals surface area (Å²) in [6, 6.07) is 10.6. The summed E-state index contributed by atoms with van der Waals surface area (Å²) in [6.07, 6.45) is 1.72. The van der Waals surface area contributed by atoms with Crippen molar-refractivity contribution >= 4 is 27.3 Å². The highest BCUT2D eigenvalue weighted by Gasteiger charge is 2.14. The third kappa shape index (κ3) is 3.29. The molecule has 1 aromatic heterocycles. The second kappa shape index (κ2) is 5.79. The molecule has 2 rings (SSSR count). The zero-order valence-corrected chi connectivity index (χ0v) is 11.8. The molecule has 1 N–H and O–H groups in total. The first kappa shape index (κ1) is 13.5. The number of halogens is 1. The van der Waals surface area contributed by atoms with Gasteiger partial charge in [0.2, 0.25) is 0 Å². The van der Waals surface area contributed by atoms with Gasteiger partial charge in [-0.2, -0.15) is 0 Å². The first-order chi connectivity index (χ1) is 9.08. The summed E-state index contributed by atoms with van der Waals surface area (Å²) in [5.74, 6) is 0. The van der Waals surface area contributed by atoms with E-state index in [-0.39, 0.29) is 11.7 Å². The summed E-state index contributed by atoms with van der Waals surface area (Å²) in [5.41, 5.74) is 1.61. The number of rotatable bonds is 4. The molecule has 0 aliphatic carbocycles. The van der Waals surface area contributed by atoms with Gasteiger partial charge in [-0.05, 0) is 47.1 Å². The number of hydrogen-bond donors (Lipinski definition) is 1. The van der Waals surface area contributed by atoms with Gasteiger partial charge in [0.15, 0.2) is 0 Å². The van der Waals surface area contributed by atoms with Gasteiger partial charge in [0.05, 0.1) is 21.1 Å². The van der Waals surface area contributed by atoms with Crippen LogP contribution in [0.3, 0.4) is 0 Å². The molecule has 5 nitrogen and oxygen atoms in total. The maximum Gasteiger partial charge on any atom is 0.285 e. The molecule has 1 aromatic carbocycles. The predicted molar refractivity (Wildman–Crippen MR) is 77.1 cm³/mol. The van der Waals surface area contributed by atoms with Crippen molar-refractivity contribution in [2.45, 2.75) is 13.0 Å². The van der Waals surface area contributed by atoms with Crippen LogP contribution in [0, 0.1) is 10.1 Å². The Kier molecular flexibility index (Phi) is 4.11. The van der Waals surface area contributed by atoms with Gasteiger partial charge in [0.25, 0.3) is 5.69 Å². The summed E-state index contributed by atoms with van der Waals surface area (Å²) in [4.78, 5) is 14.7. The van der Waals surface area contributed by atoms with Gasteiger partial charge in [-0.15, -0.1) is 0 Å². The van der Waals surface area contributed by atoms with Gasteiger partial charge < -0.3 is 5.32 Å². The molecule has 0 aliphatic rings. The number of nitrogens with zero attached hydrogens (tertiary/aromatic N) is 2. The van der Waals surface area contributed by atoms with E-state index in [0.717, 1.165) is 5.69 Å². The van der Waals surface area contributed by atoms with Crippen molar-refractivity contribution in [1.29, 1.82) is 0 Å². The zero-order chi connectivity index (χ0) is 13.8. The van der Waals surface area contributed by atoms with Gasteiger partial charge >= 0.3 is 0 Å². The van der Waals surface area contributed by atoms with Crippen LogP contribution in [-0.4, -0.2) is 9.91 Å². The van der Waals surface area contributed by atoms with Crippen LogP contribution < -0.4 is 5.32 Å². The zero-order valence-electron chi connectivity index (χ0n) is 10.2. The molecule has 98 valence electrons. The third-order valence-electron chi connectivity index (χ3n) is 2.66. The largest absolute Gasteiger partial charge is 0.377 e. The van der Waals surface area contributed by atoms with E-state index in [1.54, 1.807) is 18.3 Å². The Bertz CT molecular complexity index is 590. The molecule has 0 aliphatic heterocycles. The molecule has 2 aromatic rings. The van der Waals surface area contributed by atoms with E-state index in [1.807, 2.05) is 25.1 Å². The van der Waals surface area contributed by atoms with Crippen molar-refractivity contribution in [3.8, 4) is 0 Å². The standard InChI is InChI=1S/C13H12BrN3O2/c1-9(12-4-2-3-7-15-12)16-10-5-6-11(14)13(8-10)17(18)19/h2-9,16H,1H3. The lowest BCUT2D eigenvalue weighted by Gasteiger charge is -2.14. The Hall–Kier alpha value is -1.95. The van der Waals surface area contributed by atoms with Crippen molar-refractivity contribution in [1.82, 2.24) is 4.98 Å². The highest BCUT2D eigenvalue weighted by Crippen LogP contribution is 2.29. The predicted octanol–water partition coefficient (Wildman–Crippen LogP) is 3.93. The summed E-state index contributed by atoms with van der Waals surface area (Å²) < 4.78 is 0.466. The van der Waals surface area contributed by atoms with Crippen LogP contribution in [0.5, 0.6) is 0 Å². The lowest BCUT2D eigenvalue weighted by Crippen LogP contribution is -2.08. The van der Waals surface area contributed by atoms with Crippen LogP contribution in [0.25, 0.3) is 0 Å². The minimum Gasteiger partial charge on any atom is -0.377 e. The van der Waals surface area contributed by atoms with Gasteiger partial charge in [-0.25, -0.2) is 0 Å². The van der Waals surface area contributed by atoms with Crippen molar-refractivity contribution in [2.24, 2.45) is 0 Å². The Morgan fingerprint density at radius 2 is 2.16 bits per heavy atom. The number of benzene rings is 1. The number of hydrogen-bond acceptors (Lipinski definition) is 4. The van der Waals surface area contributed by atoms with E-state index in [2.05, 4.69) is 26.2 Å². The molecule has 0 fully saturated rings. The lowest BCUT2D eigenvalue weighted by atomic mass is 10.2. The average Bonchev–Trinajstić information content (AvgIpc) is 2.41. The highest BCUT2D eigenvalue weighted by molar-refractivity contribution is 9.10. The quantitative estimate of drug-likeness (QED) is 0.684. The number of nitro benzene ring substituents is 1. The highest BCUT2D eigenvalue weighted by atomic mass is 79.9. The first-order valence-corrected chi connectivity index (χ1v) is 6.48. The molecule has 0 bridgehead atoms. The Morgan fingerprint density at radius 3 is 2.79 bits per heavy atom. The van der Waals surface area contributed by atoms with Crippen molar-refractivity contribution in [2.75, 3.05) is 5.32 Å². The van der Waals surface area contributed by atoms with Crippen LogP contribution in [0.15, 0.2) is 47.1 Å². The van der Waals surface area contributed by atoms with E-state index in [4.69, 9.17) is 0 Å². The minimum absolute atomic E-state index is 0.0259. The Labute approximate surface area is 119 Å². The van der Waals surface area contributed by atoms with Gasteiger partial charge in [-0.1, -0.05) is 6.07 Å². The monoisotopic (exact) mass is 321 g/mol. The molecule has 1 heterocycles. The average molecular weight is 322 g/mol. The number of aromatic nitrogens is 1. The molecular weight excluding hydrogens is 310 g/mol. The fourth-order valence-corrected chi connectivity index (χ4v) is 2.09. The third-order valence-corrected chi connectivity index (χ3v) is 3.33. The van der Waals surface area contributed by atoms with Gasteiger partial charge in [0, 0.05) is 18.0 Å². The molecule has 0 radical (unpaired) electrons. The molecular formula is C13H12BrN3O2. The van der Waals surface area contributed by atoms with E-state index in [9.17, 15) is 10.1 Å².